The van der Waals surface area contributed by atoms with Crippen molar-refractivity contribution in [2.45, 2.75) is 32.5 Å². The SMILES string of the molecule is CC(=O)c1ccccc1CCC(O)c1cccc(OCc2ccc3ccc(Cl)cc3n2)c1. The summed E-state index contributed by atoms with van der Waals surface area (Å²) in [6.07, 6.45) is 0.478. The van der Waals surface area contributed by atoms with Crippen LogP contribution in [0.25, 0.3) is 10.9 Å². The van der Waals surface area contributed by atoms with Crippen molar-refractivity contribution in [2.24, 2.45) is 0 Å². The number of aryl methyl sites for hydroxylation is 1. The maximum atomic E-state index is 11.8. The van der Waals surface area contributed by atoms with Crippen molar-refractivity contribution in [1.82, 2.24) is 4.98 Å². The van der Waals surface area contributed by atoms with Crippen molar-refractivity contribution >= 4 is 28.3 Å². The molecule has 1 heterocycles. The molecule has 0 saturated carbocycles. The second-order valence-corrected chi connectivity index (χ2v) is 8.21. The van der Waals surface area contributed by atoms with E-state index in [-0.39, 0.29) is 5.78 Å². The van der Waals surface area contributed by atoms with E-state index in [1.807, 2.05) is 78.9 Å². The van der Waals surface area contributed by atoms with E-state index in [0.717, 1.165) is 27.7 Å². The molecule has 4 rings (SSSR count). The standard InChI is InChI=1S/C27H24ClNO3/c1-18(30)25-8-3-2-5-19(25)11-14-27(31)21-6-4-7-24(15-21)32-17-23-13-10-20-9-12-22(28)16-26(20)29-23/h2-10,12-13,15-16,27,31H,11,14,17H2,1H3. The summed E-state index contributed by atoms with van der Waals surface area (Å²) in [5, 5.41) is 12.4. The number of aromatic nitrogens is 1. The van der Waals surface area contributed by atoms with Gasteiger partial charge in [-0.25, -0.2) is 4.98 Å². The average Bonchev–Trinajstić information content (AvgIpc) is 2.81. The first kappa shape index (κ1) is 22.0. The number of halogens is 1. The summed E-state index contributed by atoms with van der Waals surface area (Å²) < 4.78 is 5.92. The quantitative estimate of drug-likeness (QED) is 0.321. The van der Waals surface area contributed by atoms with Crippen LogP contribution < -0.4 is 4.74 Å². The zero-order valence-electron chi connectivity index (χ0n) is 17.8. The normalized spacial score (nSPS) is 12.0. The van der Waals surface area contributed by atoms with E-state index in [1.54, 1.807) is 6.92 Å². The number of carbonyl (C=O) groups excluding carboxylic acids is 1. The van der Waals surface area contributed by atoms with E-state index >= 15 is 0 Å². The van der Waals surface area contributed by atoms with E-state index in [0.29, 0.717) is 35.8 Å². The van der Waals surface area contributed by atoms with Gasteiger partial charge >= 0.3 is 0 Å². The van der Waals surface area contributed by atoms with Crippen LogP contribution >= 0.6 is 11.6 Å². The number of aliphatic hydroxyl groups is 1. The molecule has 1 atom stereocenters. The number of hydrogen-bond acceptors (Lipinski definition) is 4. The number of carbonyl (C=O) groups is 1. The van der Waals surface area contributed by atoms with Crippen LogP contribution in [-0.2, 0) is 13.0 Å². The number of pyridine rings is 1. The van der Waals surface area contributed by atoms with Gasteiger partial charge in [0.2, 0.25) is 0 Å². The van der Waals surface area contributed by atoms with Gasteiger partial charge in [0.15, 0.2) is 5.78 Å². The fourth-order valence-corrected chi connectivity index (χ4v) is 3.89. The maximum absolute atomic E-state index is 11.8. The fraction of sp³-hybridized carbons (Fsp3) is 0.185. The molecule has 0 amide bonds. The highest BCUT2D eigenvalue weighted by atomic mass is 35.5. The molecule has 4 aromatic rings. The minimum Gasteiger partial charge on any atom is -0.487 e. The van der Waals surface area contributed by atoms with Gasteiger partial charge in [-0.1, -0.05) is 60.1 Å². The highest BCUT2D eigenvalue weighted by molar-refractivity contribution is 6.31. The predicted molar refractivity (Wildman–Crippen MR) is 127 cm³/mol. The Bertz CT molecular complexity index is 1250. The molecule has 0 aliphatic heterocycles. The van der Waals surface area contributed by atoms with Crippen LogP contribution in [0.15, 0.2) is 78.9 Å². The fourth-order valence-electron chi connectivity index (χ4n) is 3.72. The van der Waals surface area contributed by atoms with Crippen molar-refractivity contribution < 1.29 is 14.6 Å². The third-order valence-corrected chi connectivity index (χ3v) is 5.66. The number of aliphatic hydroxyl groups excluding tert-OH is 1. The van der Waals surface area contributed by atoms with Gasteiger partial charge in [0.05, 0.1) is 17.3 Å². The van der Waals surface area contributed by atoms with Gasteiger partial charge in [-0.15, -0.1) is 0 Å². The number of nitrogens with zero attached hydrogens (tertiary/aromatic N) is 1. The summed E-state index contributed by atoms with van der Waals surface area (Å²) in [6.45, 7) is 1.88. The molecule has 0 aliphatic carbocycles. The number of Topliss-reactive ketones (excluding diaryl/α,β-unsaturated/α-hetero) is 1. The highest BCUT2D eigenvalue weighted by Crippen LogP contribution is 2.25. The number of hydrogen-bond donors (Lipinski definition) is 1. The predicted octanol–water partition coefficient (Wildman–Crippen LogP) is 6.34. The zero-order valence-corrected chi connectivity index (χ0v) is 18.5. The Kier molecular flexibility index (Phi) is 6.84. The summed E-state index contributed by atoms with van der Waals surface area (Å²) in [6, 6.07) is 24.5. The first-order valence-electron chi connectivity index (χ1n) is 10.5. The molecule has 32 heavy (non-hydrogen) atoms. The molecule has 0 bridgehead atoms. The largest absolute Gasteiger partial charge is 0.487 e. The minimum atomic E-state index is -0.653. The van der Waals surface area contributed by atoms with Crippen LogP contribution in [0, 0.1) is 0 Å². The van der Waals surface area contributed by atoms with Gasteiger partial charge < -0.3 is 9.84 Å². The van der Waals surface area contributed by atoms with Crippen molar-refractivity contribution in [1.29, 1.82) is 0 Å². The van der Waals surface area contributed by atoms with Gasteiger partial charge in [-0.05, 0) is 61.2 Å². The smallest absolute Gasteiger partial charge is 0.160 e. The van der Waals surface area contributed by atoms with Gasteiger partial charge in [-0.3, -0.25) is 4.79 Å². The lowest BCUT2D eigenvalue weighted by Gasteiger charge is -2.14. The summed E-state index contributed by atoms with van der Waals surface area (Å²) in [5.41, 5.74) is 4.07. The van der Waals surface area contributed by atoms with Gasteiger partial charge in [-0.2, -0.15) is 0 Å². The Morgan fingerprint density at radius 2 is 1.84 bits per heavy atom. The van der Waals surface area contributed by atoms with Crippen molar-refractivity contribution in [3.05, 3.63) is 106 Å². The Morgan fingerprint density at radius 1 is 1.03 bits per heavy atom. The second kappa shape index (κ2) is 9.94. The Hall–Kier alpha value is -3.21. The number of benzene rings is 3. The van der Waals surface area contributed by atoms with E-state index in [4.69, 9.17) is 16.3 Å². The topological polar surface area (TPSA) is 59.4 Å². The maximum Gasteiger partial charge on any atom is 0.160 e. The molecule has 1 aromatic heterocycles. The monoisotopic (exact) mass is 445 g/mol. The van der Waals surface area contributed by atoms with Crippen molar-refractivity contribution in [3.8, 4) is 5.75 Å². The molecule has 1 N–H and O–H groups in total. The Balaban J connectivity index is 1.40. The van der Waals surface area contributed by atoms with Crippen LogP contribution in [0.4, 0.5) is 0 Å². The molecule has 0 radical (unpaired) electrons. The van der Waals surface area contributed by atoms with Crippen molar-refractivity contribution in [2.75, 3.05) is 0 Å². The minimum absolute atomic E-state index is 0.0371. The molecule has 0 saturated heterocycles. The molecule has 0 aliphatic rings. The van der Waals surface area contributed by atoms with E-state index in [1.165, 1.54) is 0 Å². The first-order valence-corrected chi connectivity index (χ1v) is 10.9. The average molecular weight is 446 g/mol. The second-order valence-electron chi connectivity index (χ2n) is 7.77. The summed E-state index contributed by atoms with van der Waals surface area (Å²) >= 11 is 6.07. The third kappa shape index (κ3) is 5.34. The highest BCUT2D eigenvalue weighted by Gasteiger charge is 2.12. The number of fused-ring (bicyclic) bond motifs is 1. The molecule has 0 spiro atoms. The molecule has 5 heteroatoms. The van der Waals surface area contributed by atoms with Crippen molar-refractivity contribution in [3.63, 3.8) is 0 Å². The molecule has 162 valence electrons. The van der Waals surface area contributed by atoms with E-state index in [2.05, 4.69) is 4.98 Å². The van der Waals surface area contributed by atoms with E-state index in [9.17, 15) is 9.90 Å². The van der Waals surface area contributed by atoms with Gasteiger partial charge in [0.1, 0.15) is 12.4 Å². The van der Waals surface area contributed by atoms with E-state index < -0.39 is 6.10 Å². The number of ketones is 1. The molecule has 3 aromatic carbocycles. The zero-order chi connectivity index (χ0) is 22.5. The lowest BCUT2D eigenvalue weighted by molar-refractivity contribution is 0.101. The molecular weight excluding hydrogens is 422 g/mol. The Labute approximate surface area is 192 Å². The molecule has 0 fully saturated rings. The molecular formula is C27H24ClNO3. The number of ether oxygens (including phenoxy) is 1. The van der Waals surface area contributed by atoms with Crippen LogP contribution in [0.5, 0.6) is 5.75 Å². The summed E-state index contributed by atoms with van der Waals surface area (Å²) in [4.78, 5) is 16.4. The molecule has 1 unspecified atom stereocenters. The lowest BCUT2D eigenvalue weighted by atomic mass is 9.96. The lowest BCUT2D eigenvalue weighted by Crippen LogP contribution is -2.04. The number of rotatable bonds is 8. The van der Waals surface area contributed by atoms with Crippen LogP contribution in [-0.4, -0.2) is 15.9 Å². The molecule has 4 nitrogen and oxygen atoms in total. The van der Waals surface area contributed by atoms with Crippen LogP contribution in [0.3, 0.4) is 0 Å². The van der Waals surface area contributed by atoms with Crippen LogP contribution in [0.2, 0.25) is 5.02 Å². The van der Waals surface area contributed by atoms with Gasteiger partial charge in [0.25, 0.3) is 0 Å². The summed E-state index contributed by atoms with van der Waals surface area (Å²) in [7, 11) is 0. The van der Waals surface area contributed by atoms with Crippen LogP contribution in [0.1, 0.15) is 46.6 Å². The third-order valence-electron chi connectivity index (χ3n) is 5.43. The Morgan fingerprint density at radius 3 is 2.69 bits per heavy atom. The first-order chi connectivity index (χ1) is 15.5. The summed E-state index contributed by atoms with van der Waals surface area (Å²) in [5.74, 6) is 0.703. The van der Waals surface area contributed by atoms with Gasteiger partial charge in [0, 0.05) is 16.0 Å².